The number of amides is 1. The van der Waals surface area contributed by atoms with Gasteiger partial charge in [-0.1, -0.05) is 0 Å². The molecule has 6 nitrogen and oxygen atoms in total. The molecule has 0 radical (unpaired) electrons. The summed E-state index contributed by atoms with van der Waals surface area (Å²) in [5.74, 6) is -0.930. The lowest BCUT2D eigenvalue weighted by Crippen LogP contribution is -2.17. The summed E-state index contributed by atoms with van der Waals surface area (Å²) < 4.78 is 6.19. The molecule has 0 aliphatic rings. The van der Waals surface area contributed by atoms with Crippen molar-refractivity contribution in [3.05, 3.63) is 12.4 Å². The Bertz CT molecular complexity index is 359. The van der Waals surface area contributed by atoms with Gasteiger partial charge in [0.2, 0.25) is 5.91 Å². The molecule has 0 saturated carbocycles. The number of nitrogens with zero attached hydrogens (tertiary/aromatic N) is 2. The van der Waals surface area contributed by atoms with Crippen molar-refractivity contribution in [1.82, 2.24) is 9.78 Å². The smallest absolute Gasteiger partial charge is 0.315 e. The molecular weight excluding hydrogens is 198 g/mol. The van der Waals surface area contributed by atoms with Crippen molar-refractivity contribution in [1.29, 1.82) is 0 Å². The van der Waals surface area contributed by atoms with Gasteiger partial charge in [0.25, 0.3) is 0 Å². The lowest BCUT2D eigenvalue weighted by atomic mass is 10.4. The van der Waals surface area contributed by atoms with Gasteiger partial charge in [0, 0.05) is 13.2 Å². The first-order valence-corrected chi connectivity index (χ1v) is 4.56. The molecule has 0 aliphatic carbocycles. The second-order valence-electron chi connectivity index (χ2n) is 2.93. The van der Waals surface area contributed by atoms with Crippen LogP contribution < -0.4 is 5.32 Å². The van der Waals surface area contributed by atoms with Gasteiger partial charge < -0.3 is 10.1 Å². The Hall–Kier alpha value is -1.85. The number of ether oxygens (including phenoxy) is 1. The number of esters is 1. The van der Waals surface area contributed by atoms with E-state index in [-0.39, 0.29) is 13.0 Å². The van der Waals surface area contributed by atoms with Crippen molar-refractivity contribution in [3.63, 3.8) is 0 Å². The van der Waals surface area contributed by atoms with Gasteiger partial charge in [0.1, 0.15) is 6.42 Å². The first-order chi connectivity index (χ1) is 7.11. The van der Waals surface area contributed by atoms with Crippen LogP contribution in [0.2, 0.25) is 0 Å². The molecule has 0 bridgehead atoms. The second-order valence-corrected chi connectivity index (χ2v) is 2.93. The van der Waals surface area contributed by atoms with Crippen LogP contribution in [-0.4, -0.2) is 28.3 Å². The average molecular weight is 211 g/mol. The second kappa shape index (κ2) is 5.14. The maximum Gasteiger partial charge on any atom is 0.315 e. The van der Waals surface area contributed by atoms with E-state index in [1.54, 1.807) is 24.9 Å². The monoisotopic (exact) mass is 211 g/mol. The lowest BCUT2D eigenvalue weighted by Gasteiger charge is -2.01. The number of nitrogens with one attached hydrogen (secondary N) is 1. The van der Waals surface area contributed by atoms with Crippen molar-refractivity contribution < 1.29 is 14.3 Å². The van der Waals surface area contributed by atoms with Gasteiger partial charge in [-0.05, 0) is 6.92 Å². The molecule has 0 unspecified atom stereocenters. The predicted octanol–water partition coefficient (Wildman–Crippen LogP) is 0.312. The number of carbonyl (C=O) groups excluding carboxylic acids is 2. The number of hydrogen-bond donors (Lipinski definition) is 1. The Labute approximate surface area is 87.2 Å². The molecule has 0 spiro atoms. The number of aryl methyl sites for hydroxylation is 1. The van der Waals surface area contributed by atoms with Gasteiger partial charge in [-0.3, -0.25) is 14.3 Å². The molecule has 0 aromatic carbocycles. The number of hydrogen-bond acceptors (Lipinski definition) is 4. The minimum absolute atomic E-state index is 0.275. The third kappa shape index (κ3) is 3.80. The molecule has 1 rings (SSSR count). The molecule has 82 valence electrons. The molecule has 0 aliphatic heterocycles. The minimum Gasteiger partial charge on any atom is -0.466 e. The molecule has 1 aromatic rings. The zero-order valence-corrected chi connectivity index (χ0v) is 8.69. The molecule has 1 heterocycles. The molecular formula is C9H13N3O3. The number of carbonyl (C=O) groups is 2. The van der Waals surface area contributed by atoms with Crippen molar-refractivity contribution in [3.8, 4) is 0 Å². The fourth-order valence-corrected chi connectivity index (χ4v) is 1.03. The normalized spacial score (nSPS) is 9.73. The lowest BCUT2D eigenvalue weighted by molar-refractivity contribution is -0.145. The van der Waals surface area contributed by atoms with Crippen LogP contribution in [0.5, 0.6) is 0 Å². The summed E-state index contributed by atoms with van der Waals surface area (Å²) in [4.78, 5) is 22.2. The fraction of sp³-hybridized carbons (Fsp3) is 0.444. The maximum atomic E-state index is 11.3. The van der Waals surface area contributed by atoms with Gasteiger partial charge in [-0.25, -0.2) is 0 Å². The highest BCUT2D eigenvalue weighted by Crippen LogP contribution is 2.03. The first-order valence-electron chi connectivity index (χ1n) is 4.56. The van der Waals surface area contributed by atoms with Crippen LogP contribution in [0.25, 0.3) is 0 Å². The standard InChI is InChI=1S/C9H13N3O3/c1-3-15-9(14)4-8(13)11-7-5-10-12(2)6-7/h5-6H,3-4H2,1-2H3,(H,11,13). The van der Waals surface area contributed by atoms with Gasteiger partial charge >= 0.3 is 5.97 Å². The molecule has 0 fully saturated rings. The predicted molar refractivity (Wildman–Crippen MR) is 53.1 cm³/mol. The Morgan fingerprint density at radius 1 is 1.60 bits per heavy atom. The largest absolute Gasteiger partial charge is 0.466 e. The van der Waals surface area contributed by atoms with E-state index in [1.165, 1.54) is 6.20 Å². The van der Waals surface area contributed by atoms with Crippen LogP contribution in [-0.2, 0) is 21.4 Å². The van der Waals surface area contributed by atoms with E-state index in [1.807, 2.05) is 0 Å². The first kappa shape index (κ1) is 11.2. The Morgan fingerprint density at radius 3 is 2.87 bits per heavy atom. The third-order valence-corrected chi connectivity index (χ3v) is 1.60. The highest BCUT2D eigenvalue weighted by molar-refractivity contribution is 6.01. The number of rotatable bonds is 4. The third-order valence-electron chi connectivity index (χ3n) is 1.60. The zero-order valence-electron chi connectivity index (χ0n) is 8.69. The Kier molecular flexibility index (Phi) is 3.84. The molecule has 1 N–H and O–H groups in total. The highest BCUT2D eigenvalue weighted by Gasteiger charge is 2.10. The van der Waals surface area contributed by atoms with Gasteiger partial charge in [-0.15, -0.1) is 0 Å². The topological polar surface area (TPSA) is 73.2 Å². The van der Waals surface area contributed by atoms with Gasteiger partial charge in [0.05, 0.1) is 18.5 Å². The van der Waals surface area contributed by atoms with E-state index in [4.69, 9.17) is 0 Å². The van der Waals surface area contributed by atoms with Gasteiger partial charge in [-0.2, -0.15) is 5.10 Å². The van der Waals surface area contributed by atoms with Crippen molar-refractivity contribution >= 4 is 17.6 Å². The maximum absolute atomic E-state index is 11.3. The van der Waals surface area contributed by atoms with Crippen LogP contribution in [0.3, 0.4) is 0 Å². The van der Waals surface area contributed by atoms with Gasteiger partial charge in [0.15, 0.2) is 0 Å². The SMILES string of the molecule is CCOC(=O)CC(=O)Nc1cnn(C)c1. The number of aromatic nitrogens is 2. The summed E-state index contributed by atoms with van der Waals surface area (Å²) in [6.07, 6.45) is 2.87. The van der Waals surface area contributed by atoms with E-state index in [0.717, 1.165) is 0 Å². The van der Waals surface area contributed by atoms with E-state index >= 15 is 0 Å². The molecule has 6 heteroatoms. The number of anilines is 1. The summed E-state index contributed by atoms with van der Waals surface area (Å²) in [7, 11) is 1.74. The summed E-state index contributed by atoms with van der Waals surface area (Å²) in [5, 5.41) is 6.40. The van der Waals surface area contributed by atoms with E-state index < -0.39 is 11.9 Å². The van der Waals surface area contributed by atoms with E-state index in [0.29, 0.717) is 5.69 Å². The van der Waals surface area contributed by atoms with Crippen LogP contribution >= 0.6 is 0 Å². The highest BCUT2D eigenvalue weighted by atomic mass is 16.5. The van der Waals surface area contributed by atoms with Crippen LogP contribution in [0.15, 0.2) is 12.4 Å². The van der Waals surface area contributed by atoms with Crippen molar-refractivity contribution in [2.24, 2.45) is 7.05 Å². The molecule has 1 amide bonds. The Balaban J connectivity index is 2.39. The van der Waals surface area contributed by atoms with E-state index in [2.05, 4.69) is 15.2 Å². The minimum atomic E-state index is -0.529. The average Bonchev–Trinajstić information content (AvgIpc) is 2.51. The van der Waals surface area contributed by atoms with Crippen LogP contribution in [0.1, 0.15) is 13.3 Å². The molecule has 0 atom stereocenters. The molecule has 15 heavy (non-hydrogen) atoms. The quantitative estimate of drug-likeness (QED) is 0.574. The molecule has 0 saturated heterocycles. The van der Waals surface area contributed by atoms with Crippen LogP contribution in [0.4, 0.5) is 5.69 Å². The molecule has 1 aromatic heterocycles. The summed E-state index contributed by atoms with van der Waals surface area (Å²) in [5.41, 5.74) is 0.562. The summed E-state index contributed by atoms with van der Waals surface area (Å²) in [6.45, 7) is 1.97. The Morgan fingerprint density at radius 2 is 2.33 bits per heavy atom. The fourth-order valence-electron chi connectivity index (χ4n) is 1.03. The van der Waals surface area contributed by atoms with E-state index in [9.17, 15) is 9.59 Å². The van der Waals surface area contributed by atoms with Crippen molar-refractivity contribution in [2.75, 3.05) is 11.9 Å². The van der Waals surface area contributed by atoms with Crippen molar-refractivity contribution in [2.45, 2.75) is 13.3 Å². The summed E-state index contributed by atoms with van der Waals surface area (Å²) in [6, 6.07) is 0. The van der Waals surface area contributed by atoms with Crippen LogP contribution in [0, 0.1) is 0 Å². The summed E-state index contributed by atoms with van der Waals surface area (Å²) >= 11 is 0. The zero-order chi connectivity index (χ0) is 11.3.